The summed E-state index contributed by atoms with van der Waals surface area (Å²) in [5, 5.41) is 4.27. The normalized spacial score (nSPS) is 18.2. The van der Waals surface area contributed by atoms with Crippen LogP contribution in [0.1, 0.15) is 52.3 Å². The number of amides is 1. The molecule has 0 spiro atoms. The Morgan fingerprint density at radius 1 is 1.29 bits per heavy atom. The lowest BCUT2D eigenvalue weighted by molar-refractivity contribution is -0.140. The average molecular weight is 327 g/mol. The van der Waals surface area contributed by atoms with Crippen molar-refractivity contribution in [2.24, 2.45) is 5.41 Å². The molecule has 3 rings (SSSR count). The van der Waals surface area contributed by atoms with Gasteiger partial charge in [0.2, 0.25) is 5.91 Å². The number of hydrogen-bond acceptors (Lipinski definition) is 4. The van der Waals surface area contributed by atoms with Gasteiger partial charge in [0.05, 0.1) is 29.8 Å². The predicted molar refractivity (Wildman–Crippen MR) is 92.1 cm³/mol. The number of hydrogen-bond donors (Lipinski definition) is 0. The predicted octanol–water partition coefficient (Wildman–Crippen LogP) is 3.07. The summed E-state index contributed by atoms with van der Waals surface area (Å²) in [5.41, 5.74) is 2.27. The highest BCUT2D eigenvalue weighted by Crippen LogP contribution is 2.34. The van der Waals surface area contributed by atoms with E-state index in [9.17, 15) is 4.79 Å². The van der Waals surface area contributed by atoms with E-state index in [0.29, 0.717) is 0 Å². The third-order valence-electron chi connectivity index (χ3n) is 4.45. The zero-order valence-electron chi connectivity index (χ0n) is 14.9. The van der Waals surface area contributed by atoms with Gasteiger partial charge >= 0.3 is 0 Å². The number of aromatic nitrogens is 4. The molecule has 1 fully saturated rings. The van der Waals surface area contributed by atoms with Crippen LogP contribution >= 0.6 is 0 Å². The second kappa shape index (κ2) is 6.34. The summed E-state index contributed by atoms with van der Waals surface area (Å²) < 4.78 is 1.90. The van der Waals surface area contributed by atoms with Gasteiger partial charge in [-0.2, -0.15) is 5.10 Å². The summed E-state index contributed by atoms with van der Waals surface area (Å²) >= 11 is 0. The van der Waals surface area contributed by atoms with Crippen LogP contribution in [-0.4, -0.2) is 37.1 Å². The minimum Gasteiger partial charge on any atom is -0.334 e. The Labute approximate surface area is 142 Å². The highest BCUT2D eigenvalue weighted by atomic mass is 16.2. The lowest BCUT2D eigenvalue weighted by Crippen LogP contribution is -2.39. The van der Waals surface area contributed by atoms with Gasteiger partial charge in [0.15, 0.2) is 0 Å². The zero-order chi connectivity index (χ0) is 17.3. The average Bonchev–Trinajstić information content (AvgIpc) is 3.22. The molecule has 3 heterocycles. The molecule has 2 aromatic heterocycles. The van der Waals surface area contributed by atoms with Gasteiger partial charge in [-0.25, -0.2) is 0 Å². The van der Waals surface area contributed by atoms with Crippen molar-refractivity contribution in [1.29, 1.82) is 0 Å². The fraction of sp³-hybridized carbons (Fsp3) is 0.556. The van der Waals surface area contributed by atoms with E-state index in [4.69, 9.17) is 0 Å². The van der Waals surface area contributed by atoms with Crippen LogP contribution in [0.15, 0.2) is 24.7 Å². The number of rotatable bonds is 3. The van der Waals surface area contributed by atoms with Gasteiger partial charge in [-0.15, -0.1) is 0 Å². The van der Waals surface area contributed by atoms with Crippen molar-refractivity contribution in [1.82, 2.24) is 24.6 Å². The van der Waals surface area contributed by atoms with E-state index in [-0.39, 0.29) is 17.4 Å². The largest absolute Gasteiger partial charge is 0.334 e. The van der Waals surface area contributed by atoms with E-state index in [1.807, 2.05) is 43.3 Å². The Morgan fingerprint density at radius 2 is 2.08 bits per heavy atom. The molecule has 128 valence electrons. The Morgan fingerprint density at radius 3 is 2.71 bits per heavy atom. The van der Waals surface area contributed by atoms with Crippen molar-refractivity contribution in [3.8, 4) is 11.4 Å². The highest BCUT2D eigenvalue weighted by Gasteiger charge is 2.36. The number of carbonyl (C=O) groups is 1. The molecule has 0 N–H and O–H groups in total. The molecule has 2 aromatic rings. The van der Waals surface area contributed by atoms with Crippen LogP contribution in [0.2, 0.25) is 0 Å². The summed E-state index contributed by atoms with van der Waals surface area (Å²) in [6.45, 7) is 9.53. The molecule has 1 atom stereocenters. The van der Waals surface area contributed by atoms with Crippen molar-refractivity contribution in [3.63, 3.8) is 0 Å². The second-order valence-electron chi connectivity index (χ2n) is 7.27. The van der Waals surface area contributed by atoms with Gasteiger partial charge in [0, 0.05) is 24.7 Å². The first-order valence-electron chi connectivity index (χ1n) is 8.57. The van der Waals surface area contributed by atoms with Gasteiger partial charge in [-0.05, 0) is 25.8 Å². The van der Waals surface area contributed by atoms with Crippen LogP contribution in [-0.2, 0) is 11.3 Å². The Hall–Kier alpha value is -2.24. The molecule has 1 saturated heterocycles. The van der Waals surface area contributed by atoms with E-state index in [0.717, 1.165) is 43.0 Å². The maximum absolute atomic E-state index is 12.7. The molecular weight excluding hydrogens is 302 g/mol. The molecule has 24 heavy (non-hydrogen) atoms. The van der Waals surface area contributed by atoms with Crippen molar-refractivity contribution < 1.29 is 4.79 Å². The lowest BCUT2D eigenvalue weighted by atomic mass is 9.94. The van der Waals surface area contributed by atoms with E-state index in [1.54, 1.807) is 18.6 Å². The third-order valence-corrected chi connectivity index (χ3v) is 4.45. The monoisotopic (exact) mass is 327 g/mol. The quantitative estimate of drug-likeness (QED) is 0.869. The molecule has 1 aliphatic rings. The zero-order valence-corrected chi connectivity index (χ0v) is 14.9. The Balaban J connectivity index is 1.84. The molecule has 0 saturated carbocycles. The molecule has 0 radical (unpaired) electrons. The van der Waals surface area contributed by atoms with Gasteiger partial charge in [0.25, 0.3) is 0 Å². The molecule has 1 aliphatic heterocycles. The van der Waals surface area contributed by atoms with Gasteiger partial charge in [0.1, 0.15) is 5.69 Å². The standard InChI is InChI=1S/C18H25N5O/c1-5-23-16(8-9-21-23)14-12-19-13(11-20-14)15-7-6-10-22(15)17(24)18(2,3)4/h8-9,11-12,15H,5-7,10H2,1-4H3/t15-/m0/s1. The number of aryl methyl sites for hydroxylation is 1. The first kappa shape index (κ1) is 16.6. The first-order valence-corrected chi connectivity index (χ1v) is 8.57. The molecule has 0 aliphatic carbocycles. The maximum atomic E-state index is 12.7. The fourth-order valence-corrected chi connectivity index (χ4v) is 3.19. The minimum atomic E-state index is -0.371. The van der Waals surface area contributed by atoms with Crippen LogP contribution in [0.3, 0.4) is 0 Å². The summed E-state index contributed by atoms with van der Waals surface area (Å²) in [4.78, 5) is 23.8. The van der Waals surface area contributed by atoms with Crippen LogP contribution in [0, 0.1) is 5.41 Å². The summed E-state index contributed by atoms with van der Waals surface area (Å²) in [7, 11) is 0. The number of likely N-dealkylation sites (tertiary alicyclic amines) is 1. The summed E-state index contributed by atoms with van der Waals surface area (Å²) in [6.07, 6.45) is 7.33. The SMILES string of the molecule is CCn1nccc1-c1cnc([C@@H]2CCCN2C(=O)C(C)(C)C)cn1. The van der Waals surface area contributed by atoms with Crippen LogP contribution in [0.5, 0.6) is 0 Å². The number of nitrogens with zero attached hydrogens (tertiary/aromatic N) is 5. The topological polar surface area (TPSA) is 63.9 Å². The Bertz CT molecular complexity index is 714. The van der Waals surface area contributed by atoms with Crippen LogP contribution < -0.4 is 0 Å². The summed E-state index contributed by atoms with van der Waals surface area (Å²) in [6, 6.07) is 1.98. The molecule has 1 amide bonds. The van der Waals surface area contributed by atoms with E-state index >= 15 is 0 Å². The van der Waals surface area contributed by atoms with Crippen LogP contribution in [0.25, 0.3) is 11.4 Å². The van der Waals surface area contributed by atoms with Crippen molar-refractivity contribution in [2.45, 2.75) is 53.1 Å². The van der Waals surface area contributed by atoms with E-state index in [2.05, 4.69) is 15.1 Å². The van der Waals surface area contributed by atoms with Crippen molar-refractivity contribution in [3.05, 3.63) is 30.4 Å². The molecular formula is C18H25N5O. The van der Waals surface area contributed by atoms with Gasteiger partial charge < -0.3 is 4.90 Å². The third kappa shape index (κ3) is 3.05. The fourth-order valence-electron chi connectivity index (χ4n) is 3.19. The molecule has 0 bridgehead atoms. The second-order valence-corrected chi connectivity index (χ2v) is 7.27. The minimum absolute atomic E-state index is 0.0364. The van der Waals surface area contributed by atoms with Crippen molar-refractivity contribution >= 4 is 5.91 Å². The molecule has 0 unspecified atom stereocenters. The highest BCUT2D eigenvalue weighted by molar-refractivity contribution is 5.82. The maximum Gasteiger partial charge on any atom is 0.228 e. The van der Waals surface area contributed by atoms with E-state index < -0.39 is 0 Å². The molecule has 0 aromatic carbocycles. The van der Waals surface area contributed by atoms with Gasteiger partial charge in [-0.1, -0.05) is 20.8 Å². The van der Waals surface area contributed by atoms with Crippen LogP contribution in [0.4, 0.5) is 0 Å². The molecule has 6 nitrogen and oxygen atoms in total. The smallest absolute Gasteiger partial charge is 0.228 e. The summed E-state index contributed by atoms with van der Waals surface area (Å²) in [5.74, 6) is 0.180. The van der Waals surface area contributed by atoms with Crippen molar-refractivity contribution in [2.75, 3.05) is 6.54 Å². The Kier molecular flexibility index (Phi) is 4.39. The number of carbonyl (C=O) groups excluding carboxylic acids is 1. The van der Waals surface area contributed by atoms with Gasteiger partial charge in [-0.3, -0.25) is 19.4 Å². The van der Waals surface area contributed by atoms with E-state index in [1.165, 1.54) is 0 Å². The lowest BCUT2D eigenvalue weighted by Gasteiger charge is -2.30. The molecule has 6 heteroatoms. The first-order chi connectivity index (χ1) is 11.4.